The van der Waals surface area contributed by atoms with Crippen molar-refractivity contribution in [3.8, 4) is 0 Å². The van der Waals surface area contributed by atoms with E-state index in [1.807, 2.05) is 0 Å². The lowest BCUT2D eigenvalue weighted by atomic mass is 9.71. The van der Waals surface area contributed by atoms with E-state index in [9.17, 15) is 0 Å². The summed E-state index contributed by atoms with van der Waals surface area (Å²) in [5.41, 5.74) is 0.465. The van der Waals surface area contributed by atoms with Crippen molar-refractivity contribution in [2.75, 3.05) is 13.1 Å². The number of fused-ring (bicyclic) bond motifs is 1. The largest absolute Gasteiger partial charge is 0.300 e. The van der Waals surface area contributed by atoms with Gasteiger partial charge in [0, 0.05) is 12.6 Å². The minimum absolute atomic E-state index is 0.465. The van der Waals surface area contributed by atoms with E-state index in [0.717, 1.165) is 17.9 Å². The molecule has 0 amide bonds. The zero-order chi connectivity index (χ0) is 11.1. The first kappa shape index (κ1) is 11.4. The molecule has 0 radical (unpaired) electrons. The van der Waals surface area contributed by atoms with Crippen LogP contribution in [-0.2, 0) is 0 Å². The SMILES string of the molecule is CCN1CC2CCCCC2C1C(C)(C)C. The smallest absolute Gasteiger partial charge is 0.0175 e. The van der Waals surface area contributed by atoms with Crippen LogP contribution in [0.4, 0.5) is 0 Å². The molecule has 0 aromatic carbocycles. The van der Waals surface area contributed by atoms with Gasteiger partial charge in [-0.15, -0.1) is 0 Å². The standard InChI is InChI=1S/C14H27N/c1-5-15-10-11-8-6-7-9-12(11)13(15)14(2,3)4/h11-13H,5-10H2,1-4H3. The molecule has 2 rings (SSSR count). The first-order valence-corrected chi connectivity index (χ1v) is 6.78. The van der Waals surface area contributed by atoms with E-state index in [-0.39, 0.29) is 0 Å². The monoisotopic (exact) mass is 209 g/mol. The second kappa shape index (κ2) is 4.08. The van der Waals surface area contributed by atoms with Crippen LogP contribution in [0.1, 0.15) is 53.4 Å². The molecule has 2 aliphatic rings. The molecular formula is C14H27N. The summed E-state index contributed by atoms with van der Waals surface area (Å²) in [7, 11) is 0. The summed E-state index contributed by atoms with van der Waals surface area (Å²) in [6, 6.07) is 0.841. The van der Waals surface area contributed by atoms with Gasteiger partial charge in [0.15, 0.2) is 0 Å². The van der Waals surface area contributed by atoms with Gasteiger partial charge >= 0.3 is 0 Å². The van der Waals surface area contributed by atoms with Crippen LogP contribution in [0.15, 0.2) is 0 Å². The molecule has 0 aromatic rings. The minimum atomic E-state index is 0.465. The van der Waals surface area contributed by atoms with Crippen LogP contribution in [0.25, 0.3) is 0 Å². The quantitative estimate of drug-likeness (QED) is 0.638. The van der Waals surface area contributed by atoms with Crippen LogP contribution in [0.3, 0.4) is 0 Å². The van der Waals surface area contributed by atoms with Crippen molar-refractivity contribution in [1.29, 1.82) is 0 Å². The molecule has 0 spiro atoms. The molecule has 0 bridgehead atoms. The van der Waals surface area contributed by atoms with E-state index < -0.39 is 0 Å². The third kappa shape index (κ3) is 2.08. The van der Waals surface area contributed by atoms with Gasteiger partial charge in [0.1, 0.15) is 0 Å². The van der Waals surface area contributed by atoms with E-state index in [2.05, 4.69) is 32.6 Å². The van der Waals surface area contributed by atoms with E-state index in [0.29, 0.717) is 5.41 Å². The Morgan fingerprint density at radius 1 is 1.13 bits per heavy atom. The molecular weight excluding hydrogens is 182 g/mol. The minimum Gasteiger partial charge on any atom is -0.300 e. The van der Waals surface area contributed by atoms with Gasteiger partial charge in [0.2, 0.25) is 0 Å². The lowest BCUT2D eigenvalue weighted by Gasteiger charge is -2.39. The predicted molar refractivity (Wildman–Crippen MR) is 65.9 cm³/mol. The molecule has 0 aromatic heterocycles. The van der Waals surface area contributed by atoms with Crippen molar-refractivity contribution >= 4 is 0 Å². The summed E-state index contributed by atoms with van der Waals surface area (Å²) in [5, 5.41) is 0. The molecule has 1 saturated carbocycles. The molecule has 1 heteroatoms. The average molecular weight is 209 g/mol. The molecule has 1 aliphatic heterocycles. The lowest BCUT2D eigenvalue weighted by Crippen LogP contribution is -2.43. The topological polar surface area (TPSA) is 3.24 Å². The maximum Gasteiger partial charge on any atom is 0.0175 e. The summed E-state index contributed by atoms with van der Waals surface area (Å²) in [6.07, 6.45) is 5.94. The van der Waals surface area contributed by atoms with Crippen molar-refractivity contribution < 1.29 is 0 Å². The highest BCUT2D eigenvalue weighted by Crippen LogP contribution is 2.46. The van der Waals surface area contributed by atoms with E-state index in [4.69, 9.17) is 0 Å². The summed E-state index contributed by atoms with van der Waals surface area (Å²) in [5.74, 6) is 2.02. The van der Waals surface area contributed by atoms with Gasteiger partial charge in [-0.3, -0.25) is 4.90 Å². The molecule has 2 fully saturated rings. The van der Waals surface area contributed by atoms with E-state index in [1.54, 1.807) is 0 Å². The zero-order valence-electron chi connectivity index (χ0n) is 10.9. The zero-order valence-corrected chi connectivity index (χ0v) is 10.9. The van der Waals surface area contributed by atoms with Crippen molar-refractivity contribution in [2.24, 2.45) is 17.3 Å². The van der Waals surface area contributed by atoms with Crippen LogP contribution in [0.5, 0.6) is 0 Å². The Bertz CT molecular complexity index is 216. The molecule has 88 valence electrons. The van der Waals surface area contributed by atoms with Crippen molar-refractivity contribution in [3.05, 3.63) is 0 Å². The normalized spacial score (nSPS) is 38.0. The third-order valence-corrected chi connectivity index (χ3v) is 4.53. The van der Waals surface area contributed by atoms with Crippen LogP contribution < -0.4 is 0 Å². The Morgan fingerprint density at radius 3 is 2.40 bits per heavy atom. The molecule has 3 atom stereocenters. The lowest BCUT2D eigenvalue weighted by molar-refractivity contribution is 0.104. The van der Waals surface area contributed by atoms with Crippen molar-refractivity contribution in [1.82, 2.24) is 4.90 Å². The molecule has 0 N–H and O–H groups in total. The van der Waals surface area contributed by atoms with Gasteiger partial charge in [0.25, 0.3) is 0 Å². The predicted octanol–water partition coefficient (Wildman–Crippen LogP) is 3.54. The van der Waals surface area contributed by atoms with Gasteiger partial charge in [-0.25, -0.2) is 0 Å². The highest BCUT2D eigenvalue weighted by molar-refractivity contribution is 4.99. The molecule has 1 aliphatic carbocycles. The Balaban J connectivity index is 2.17. The molecule has 15 heavy (non-hydrogen) atoms. The van der Waals surface area contributed by atoms with E-state index >= 15 is 0 Å². The van der Waals surface area contributed by atoms with E-state index in [1.165, 1.54) is 38.8 Å². The number of likely N-dealkylation sites (tertiary alicyclic amines) is 1. The second-order valence-corrected chi connectivity index (χ2v) is 6.61. The van der Waals surface area contributed by atoms with Gasteiger partial charge in [0.05, 0.1) is 0 Å². The molecule has 1 heterocycles. The van der Waals surface area contributed by atoms with Gasteiger partial charge < -0.3 is 0 Å². The first-order chi connectivity index (χ1) is 7.04. The Kier molecular flexibility index (Phi) is 3.12. The number of rotatable bonds is 1. The van der Waals surface area contributed by atoms with Gasteiger partial charge in [-0.1, -0.05) is 40.5 Å². The summed E-state index contributed by atoms with van der Waals surface area (Å²) < 4.78 is 0. The molecule has 1 saturated heterocycles. The third-order valence-electron chi connectivity index (χ3n) is 4.53. The van der Waals surface area contributed by atoms with Crippen molar-refractivity contribution in [3.63, 3.8) is 0 Å². The number of nitrogens with zero attached hydrogens (tertiary/aromatic N) is 1. The highest BCUT2D eigenvalue weighted by Gasteiger charge is 2.46. The first-order valence-electron chi connectivity index (χ1n) is 6.78. The Labute approximate surface area is 95.2 Å². The Hall–Kier alpha value is -0.0400. The summed E-state index contributed by atoms with van der Waals surface area (Å²) in [4.78, 5) is 2.75. The number of hydrogen-bond acceptors (Lipinski definition) is 1. The molecule has 3 unspecified atom stereocenters. The molecule has 1 nitrogen and oxygen atoms in total. The fourth-order valence-electron chi connectivity index (χ4n) is 4.08. The average Bonchev–Trinajstić information content (AvgIpc) is 2.54. The second-order valence-electron chi connectivity index (χ2n) is 6.61. The van der Waals surface area contributed by atoms with Crippen LogP contribution in [0, 0.1) is 17.3 Å². The fraction of sp³-hybridized carbons (Fsp3) is 1.00. The maximum absolute atomic E-state index is 2.75. The van der Waals surface area contributed by atoms with Gasteiger partial charge in [-0.05, 0) is 36.6 Å². The number of hydrogen-bond donors (Lipinski definition) is 0. The summed E-state index contributed by atoms with van der Waals surface area (Å²) in [6.45, 7) is 12.2. The fourth-order valence-corrected chi connectivity index (χ4v) is 4.08. The highest BCUT2D eigenvalue weighted by atomic mass is 15.2. The van der Waals surface area contributed by atoms with Crippen LogP contribution in [0.2, 0.25) is 0 Å². The maximum atomic E-state index is 2.75. The van der Waals surface area contributed by atoms with Crippen LogP contribution >= 0.6 is 0 Å². The van der Waals surface area contributed by atoms with Crippen molar-refractivity contribution in [2.45, 2.75) is 59.4 Å². The Morgan fingerprint density at radius 2 is 1.80 bits per heavy atom. The van der Waals surface area contributed by atoms with Crippen LogP contribution in [-0.4, -0.2) is 24.0 Å². The van der Waals surface area contributed by atoms with Gasteiger partial charge in [-0.2, -0.15) is 0 Å². The summed E-state index contributed by atoms with van der Waals surface area (Å²) >= 11 is 0.